The molecule has 108 valence electrons. The lowest BCUT2D eigenvalue weighted by Gasteiger charge is -2.08. The van der Waals surface area contributed by atoms with Gasteiger partial charge in [0, 0.05) is 19.3 Å². The van der Waals surface area contributed by atoms with Crippen molar-refractivity contribution in [2.75, 3.05) is 18.9 Å². The molecule has 1 aromatic carbocycles. The van der Waals surface area contributed by atoms with Gasteiger partial charge in [-0.2, -0.15) is 0 Å². The van der Waals surface area contributed by atoms with Gasteiger partial charge in [-0.15, -0.1) is 0 Å². The molecule has 0 aliphatic heterocycles. The minimum absolute atomic E-state index is 0.116. The number of amides is 3. The molecule has 0 atom stereocenters. The fraction of sp³-hybridized carbons (Fsp3) is 0.286. The first kappa shape index (κ1) is 15.7. The summed E-state index contributed by atoms with van der Waals surface area (Å²) in [5, 5.41) is 7.49. The highest BCUT2D eigenvalue weighted by Gasteiger charge is 2.11. The van der Waals surface area contributed by atoms with Crippen LogP contribution in [0.4, 0.5) is 14.9 Å². The van der Waals surface area contributed by atoms with Gasteiger partial charge < -0.3 is 16.0 Å². The highest BCUT2D eigenvalue weighted by Crippen LogP contribution is 2.14. The molecule has 0 bridgehead atoms. The van der Waals surface area contributed by atoms with E-state index in [1.54, 1.807) is 0 Å². The van der Waals surface area contributed by atoms with Crippen molar-refractivity contribution in [3.63, 3.8) is 0 Å². The molecule has 5 nitrogen and oxygen atoms in total. The summed E-state index contributed by atoms with van der Waals surface area (Å²) in [7, 11) is 1.41. The van der Waals surface area contributed by atoms with Gasteiger partial charge in [-0.05, 0) is 32.0 Å². The van der Waals surface area contributed by atoms with Crippen LogP contribution in [0.15, 0.2) is 29.8 Å². The van der Waals surface area contributed by atoms with Crippen LogP contribution in [-0.4, -0.2) is 25.5 Å². The van der Waals surface area contributed by atoms with Crippen LogP contribution in [0.25, 0.3) is 0 Å². The number of rotatable bonds is 4. The zero-order chi connectivity index (χ0) is 15.1. The van der Waals surface area contributed by atoms with Crippen LogP contribution in [-0.2, 0) is 0 Å². The summed E-state index contributed by atoms with van der Waals surface area (Å²) in [4.78, 5) is 23.0. The third-order valence-electron chi connectivity index (χ3n) is 2.47. The highest BCUT2D eigenvalue weighted by molar-refractivity contribution is 5.97. The third kappa shape index (κ3) is 4.72. The van der Waals surface area contributed by atoms with Crippen molar-refractivity contribution in [3.05, 3.63) is 41.2 Å². The zero-order valence-electron chi connectivity index (χ0n) is 11.7. The fourth-order valence-corrected chi connectivity index (χ4v) is 1.43. The van der Waals surface area contributed by atoms with E-state index in [0.29, 0.717) is 12.2 Å². The van der Waals surface area contributed by atoms with E-state index in [1.807, 2.05) is 19.9 Å². The third-order valence-corrected chi connectivity index (χ3v) is 2.47. The fourth-order valence-electron chi connectivity index (χ4n) is 1.43. The predicted molar refractivity (Wildman–Crippen MR) is 76.2 cm³/mol. The lowest BCUT2D eigenvalue weighted by atomic mass is 10.1. The second-order valence-electron chi connectivity index (χ2n) is 4.39. The molecule has 0 spiro atoms. The van der Waals surface area contributed by atoms with E-state index in [-0.39, 0.29) is 5.56 Å². The van der Waals surface area contributed by atoms with E-state index in [0.717, 1.165) is 11.6 Å². The molecule has 0 aromatic heterocycles. The summed E-state index contributed by atoms with van der Waals surface area (Å²) in [5.41, 5.74) is 1.32. The maximum atomic E-state index is 13.4. The number of hydrogen-bond acceptors (Lipinski definition) is 2. The van der Waals surface area contributed by atoms with Crippen molar-refractivity contribution < 1.29 is 14.0 Å². The summed E-state index contributed by atoms with van der Waals surface area (Å²) in [6, 6.07) is 3.39. The van der Waals surface area contributed by atoms with E-state index < -0.39 is 17.8 Å². The SMILES string of the molecule is CNC(=O)c1cc(NC(=O)NCC=C(C)C)ccc1F. The molecule has 0 radical (unpaired) electrons. The molecule has 0 aliphatic carbocycles. The molecule has 0 unspecified atom stereocenters. The molecule has 6 heteroatoms. The Morgan fingerprint density at radius 1 is 1.30 bits per heavy atom. The summed E-state index contributed by atoms with van der Waals surface area (Å²) in [6.07, 6.45) is 1.86. The first-order chi connectivity index (χ1) is 9.43. The van der Waals surface area contributed by atoms with Crippen LogP contribution in [0.5, 0.6) is 0 Å². The monoisotopic (exact) mass is 279 g/mol. The Morgan fingerprint density at radius 2 is 2.00 bits per heavy atom. The number of anilines is 1. The van der Waals surface area contributed by atoms with Gasteiger partial charge in [0.25, 0.3) is 5.91 Å². The smallest absolute Gasteiger partial charge is 0.319 e. The van der Waals surface area contributed by atoms with Gasteiger partial charge in [0.05, 0.1) is 5.56 Å². The molecule has 0 saturated carbocycles. The Kier molecular flexibility index (Phi) is 5.71. The Hall–Kier alpha value is -2.37. The first-order valence-corrected chi connectivity index (χ1v) is 6.14. The molecule has 0 saturated heterocycles. The standard InChI is InChI=1S/C14H18FN3O2/c1-9(2)6-7-17-14(20)18-10-4-5-12(15)11(8-10)13(19)16-3/h4-6,8H,7H2,1-3H3,(H,16,19)(H2,17,18,20). The zero-order valence-corrected chi connectivity index (χ0v) is 11.7. The van der Waals surface area contributed by atoms with Crippen LogP contribution in [0.2, 0.25) is 0 Å². The van der Waals surface area contributed by atoms with Gasteiger partial charge in [0.1, 0.15) is 5.82 Å². The molecule has 0 heterocycles. The second kappa shape index (κ2) is 7.28. The van der Waals surface area contributed by atoms with Crippen LogP contribution < -0.4 is 16.0 Å². The van der Waals surface area contributed by atoms with E-state index in [2.05, 4.69) is 16.0 Å². The average Bonchev–Trinajstić information content (AvgIpc) is 2.39. The Morgan fingerprint density at radius 3 is 2.60 bits per heavy atom. The highest BCUT2D eigenvalue weighted by atomic mass is 19.1. The topological polar surface area (TPSA) is 70.2 Å². The van der Waals surface area contributed by atoms with E-state index in [9.17, 15) is 14.0 Å². The van der Waals surface area contributed by atoms with E-state index in [1.165, 1.54) is 19.2 Å². The molecular weight excluding hydrogens is 261 g/mol. The van der Waals surface area contributed by atoms with Crippen molar-refractivity contribution in [2.45, 2.75) is 13.8 Å². The molecular formula is C14H18FN3O2. The van der Waals surface area contributed by atoms with Crippen LogP contribution in [0.1, 0.15) is 24.2 Å². The molecule has 3 amide bonds. The average molecular weight is 279 g/mol. The van der Waals surface area contributed by atoms with E-state index in [4.69, 9.17) is 0 Å². The Bertz CT molecular complexity index is 537. The lowest BCUT2D eigenvalue weighted by Crippen LogP contribution is -2.29. The maximum absolute atomic E-state index is 13.4. The molecule has 1 rings (SSSR count). The number of carbonyl (C=O) groups is 2. The van der Waals surface area contributed by atoms with Crippen molar-refractivity contribution in [1.29, 1.82) is 0 Å². The summed E-state index contributed by atoms with van der Waals surface area (Å²) in [5.74, 6) is -1.18. The number of urea groups is 1. The van der Waals surface area contributed by atoms with Gasteiger partial charge in [-0.25, -0.2) is 9.18 Å². The second-order valence-corrected chi connectivity index (χ2v) is 4.39. The van der Waals surface area contributed by atoms with Gasteiger partial charge in [0.2, 0.25) is 0 Å². The number of carbonyl (C=O) groups excluding carboxylic acids is 2. The molecule has 20 heavy (non-hydrogen) atoms. The van der Waals surface area contributed by atoms with Gasteiger partial charge >= 0.3 is 6.03 Å². The van der Waals surface area contributed by atoms with Gasteiger partial charge in [0.15, 0.2) is 0 Å². The van der Waals surface area contributed by atoms with Crippen LogP contribution >= 0.6 is 0 Å². The largest absolute Gasteiger partial charge is 0.355 e. The molecule has 0 fully saturated rings. The summed E-state index contributed by atoms with van der Waals surface area (Å²) >= 11 is 0. The molecule has 0 aliphatic rings. The van der Waals surface area contributed by atoms with Crippen LogP contribution in [0.3, 0.4) is 0 Å². The minimum Gasteiger partial charge on any atom is -0.355 e. The number of benzene rings is 1. The number of nitrogens with one attached hydrogen (secondary N) is 3. The normalized spacial score (nSPS) is 9.60. The predicted octanol–water partition coefficient (Wildman–Crippen LogP) is 2.27. The minimum atomic E-state index is -0.639. The van der Waals surface area contributed by atoms with Crippen molar-refractivity contribution >= 4 is 17.6 Å². The lowest BCUT2D eigenvalue weighted by molar-refractivity contribution is 0.0959. The summed E-state index contributed by atoms with van der Waals surface area (Å²) < 4.78 is 13.4. The molecule has 3 N–H and O–H groups in total. The number of allylic oxidation sites excluding steroid dienone is 1. The quantitative estimate of drug-likeness (QED) is 0.740. The van der Waals surface area contributed by atoms with E-state index >= 15 is 0 Å². The number of halogens is 1. The van der Waals surface area contributed by atoms with Crippen molar-refractivity contribution in [2.24, 2.45) is 0 Å². The Labute approximate surface area is 117 Å². The van der Waals surface area contributed by atoms with Crippen molar-refractivity contribution in [3.8, 4) is 0 Å². The Balaban J connectivity index is 2.71. The van der Waals surface area contributed by atoms with Crippen molar-refractivity contribution in [1.82, 2.24) is 10.6 Å². The first-order valence-electron chi connectivity index (χ1n) is 6.14. The van der Waals surface area contributed by atoms with Crippen LogP contribution in [0, 0.1) is 5.82 Å². The van der Waals surface area contributed by atoms with Gasteiger partial charge in [-0.1, -0.05) is 11.6 Å². The maximum Gasteiger partial charge on any atom is 0.319 e. The number of hydrogen-bond donors (Lipinski definition) is 3. The molecule has 1 aromatic rings. The summed E-state index contributed by atoms with van der Waals surface area (Å²) in [6.45, 7) is 4.25. The van der Waals surface area contributed by atoms with Gasteiger partial charge in [-0.3, -0.25) is 4.79 Å².